The molecule has 35 heavy (non-hydrogen) atoms. The Morgan fingerprint density at radius 2 is 2.00 bits per heavy atom. The molecule has 0 spiro atoms. The van der Waals surface area contributed by atoms with Crippen molar-refractivity contribution < 1.29 is 18.8 Å². The van der Waals surface area contributed by atoms with Crippen molar-refractivity contribution in [3.63, 3.8) is 0 Å². The fourth-order valence-electron chi connectivity index (χ4n) is 5.52. The molecular formula is C25H30N6O4. The van der Waals surface area contributed by atoms with Crippen molar-refractivity contribution >= 4 is 22.7 Å². The molecule has 0 radical (unpaired) electrons. The lowest BCUT2D eigenvalue weighted by atomic mass is 9.95. The number of likely N-dealkylation sites (tertiary alicyclic amines) is 2. The lowest BCUT2D eigenvalue weighted by Gasteiger charge is -2.32. The van der Waals surface area contributed by atoms with E-state index in [4.69, 9.17) is 9.26 Å². The predicted octanol–water partition coefficient (Wildman–Crippen LogP) is 2.13. The van der Waals surface area contributed by atoms with Crippen LogP contribution in [0.5, 0.6) is 0 Å². The highest BCUT2D eigenvalue weighted by Gasteiger charge is 2.39. The summed E-state index contributed by atoms with van der Waals surface area (Å²) >= 11 is 0. The molecule has 10 nitrogen and oxygen atoms in total. The van der Waals surface area contributed by atoms with Crippen molar-refractivity contribution in [3.8, 4) is 11.4 Å². The zero-order valence-electron chi connectivity index (χ0n) is 20.1. The Hall–Kier alpha value is -3.27. The number of amides is 2. The van der Waals surface area contributed by atoms with Gasteiger partial charge in [0.15, 0.2) is 0 Å². The summed E-state index contributed by atoms with van der Waals surface area (Å²) in [5.74, 6) is 1.68. The number of hydrogen-bond acceptors (Lipinski definition) is 7. The zero-order chi connectivity index (χ0) is 24.1. The molecule has 10 heteroatoms. The van der Waals surface area contributed by atoms with Crippen molar-refractivity contribution in [2.45, 2.75) is 32.1 Å². The van der Waals surface area contributed by atoms with Crippen molar-refractivity contribution in [3.05, 3.63) is 29.8 Å². The van der Waals surface area contributed by atoms with Gasteiger partial charge in [0.25, 0.3) is 0 Å². The molecular weight excluding hydrogens is 448 g/mol. The molecule has 3 aromatic rings. The van der Waals surface area contributed by atoms with Crippen LogP contribution in [0.3, 0.4) is 0 Å². The number of aryl methyl sites for hydroxylation is 2. The number of carbonyl (C=O) groups is 2. The van der Waals surface area contributed by atoms with E-state index in [0.717, 1.165) is 35.0 Å². The minimum atomic E-state index is -0.236. The van der Waals surface area contributed by atoms with E-state index in [1.54, 1.807) is 0 Å². The third-order valence-electron chi connectivity index (χ3n) is 7.64. The van der Waals surface area contributed by atoms with Crippen LogP contribution >= 0.6 is 0 Å². The molecule has 0 aliphatic carbocycles. The van der Waals surface area contributed by atoms with Gasteiger partial charge >= 0.3 is 0 Å². The predicted molar refractivity (Wildman–Crippen MR) is 126 cm³/mol. The van der Waals surface area contributed by atoms with E-state index in [-0.39, 0.29) is 23.7 Å². The summed E-state index contributed by atoms with van der Waals surface area (Å²) in [7, 11) is 1.93. The van der Waals surface area contributed by atoms with Crippen LogP contribution in [-0.2, 0) is 21.4 Å². The van der Waals surface area contributed by atoms with E-state index >= 15 is 0 Å². The van der Waals surface area contributed by atoms with Crippen LogP contribution in [0.25, 0.3) is 22.3 Å². The summed E-state index contributed by atoms with van der Waals surface area (Å²) in [4.78, 5) is 33.9. The minimum absolute atomic E-state index is 0.0861. The van der Waals surface area contributed by atoms with Gasteiger partial charge in [-0.05, 0) is 25.8 Å². The van der Waals surface area contributed by atoms with Crippen molar-refractivity contribution in [2.75, 3.05) is 39.4 Å². The zero-order valence-corrected chi connectivity index (χ0v) is 20.1. The van der Waals surface area contributed by atoms with E-state index in [1.165, 1.54) is 0 Å². The van der Waals surface area contributed by atoms with Gasteiger partial charge in [-0.15, -0.1) is 0 Å². The topological polar surface area (TPSA) is 107 Å². The summed E-state index contributed by atoms with van der Waals surface area (Å²) in [5.41, 5.74) is 2.92. The number of aromatic nitrogens is 4. The second kappa shape index (κ2) is 8.75. The molecule has 184 valence electrons. The van der Waals surface area contributed by atoms with Crippen LogP contribution < -0.4 is 0 Å². The lowest BCUT2D eigenvalue weighted by molar-refractivity contribution is -0.137. The fourth-order valence-corrected chi connectivity index (χ4v) is 5.52. The molecule has 1 unspecified atom stereocenters. The van der Waals surface area contributed by atoms with Gasteiger partial charge in [0.05, 0.1) is 30.3 Å². The summed E-state index contributed by atoms with van der Waals surface area (Å²) in [6.45, 7) is 5.94. The summed E-state index contributed by atoms with van der Waals surface area (Å²) in [6.07, 6.45) is 1.87. The Labute approximate surface area is 203 Å². The number of carbonyl (C=O) groups excluding carboxylic acids is 2. The SMILES string of the molecule is Cc1nn(C)c2cc(-c3noc(C4CCN(C(=O)C5CC(=O)N(CC6COC6)C5)CC4)n3)ccc12. The first-order valence-electron chi connectivity index (χ1n) is 12.4. The maximum atomic E-state index is 13.1. The van der Waals surface area contributed by atoms with Gasteiger partial charge in [-0.1, -0.05) is 17.3 Å². The van der Waals surface area contributed by atoms with Crippen molar-refractivity contribution in [1.82, 2.24) is 29.7 Å². The van der Waals surface area contributed by atoms with Gasteiger partial charge in [0.1, 0.15) is 0 Å². The van der Waals surface area contributed by atoms with Gasteiger partial charge in [0, 0.05) is 62.4 Å². The first-order valence-corrected chi connectivity index (χ1v) is 12.4. The lowest BCUT2D eigenvalue weighted by Crippen LogP contribution is -2.43. The number of nitrogens with zero attached hydrogens (tertiary/aromatic N) is 6. The summed E-state index contributed by atoms with van der Waals surface area (Å²) < 4.78 is 12.7. The second-order valence-electron chi connectivity index (χ2n) is 10.1. The average molecular weight is 479 g/mol. The molecule has 3 aliphatic heterocycles. The molecule has 6 rings (SSSR count). The number of piperidine rings is 1. The molecule has 5 heterocycles. The Kier molecular flexibility index (Phi) is 5.55. The summed E-state index contributed by atoms with van der Waals surface area (Å²) in [6, 6.07) is 6.08. The highest BCUT2D eigenvalue weighted by Crippen LogP contribution is 2.31. The molecule has 0 saturated carbocycles. The minimum Gasteiger partial charge on any atom is -0.381 e. The molecule has 3 aliphatic rings. The Bertz CT molecular complexity index is 1270. The number of ether oxygens (including phenoxy) is 1. The third-order valence-corrected chi connectivity index (χ3v) is 7.64. The molecule has 2 aromatic heterocycles. The molecule has 0 bridgehead atoms. The number of benzene rings is 1. The van der Waals surface area contributed by atoms with Crippen molar-refractivity contribution in [2.24, 2.45) is 18.9 Å². The molecule has 1 aromatic carbocycles. The van der Waals surface area contributed by atoms with Crippen LogP contribution in [0.1, 0.15) is 36.8 Å². The van der Waals surface area contributed by atoms with E-state index in [9.17, 15) is 9.59 Å². The standard InChI is InChI=1S/C25H30N6O4/c1-15-20-4-3-18(9-21(20)29(2)27-15)23-26-24(35-28-23)17-5-7-30(8-6-17)25(33)19-10-22(32)31(12-19)11-16-13-34-14-16/h3-4,9,16-17,19H,5-8,10-14H2,1-2H3. The van der Waals surface area contributed by atoms with Gasteiger partial charge in [-0.2, -0.15) is 10.1 Å². The normalized spacial score (nSPS) is 21.8. The van der Waals surface area contributed by atoms with Gasteiger partial charge in [-0.3, -0.25) is 14.3 Å². The molecule has 2 amide bonds. The average Bonchev–Trinajstić information content (AvgIpc) is 3.54. The smallest absolute Gasteiger partial charge is 0.230 e. The summed E-state index contributed by atoms with van der Waals surface area (Å²) in [5, 5.41) is 9.81. The van der Waals surface area contributed by atoms with Crippen LogP contribution in [0.15, 0.2) is 22.7 Å². The number of hydrogen-bond donors (Lipinski definition) is 0. The van der Waals surface area contributed by atoms with Crippen molar-refractivity contribution in [1.29, 1.82) is 0 Å². The monoisotopic (exact) mass is 478 g/mol. The Balaban J connectivity index is 1.07. The first kappa shape index (κ1) is 22.2. The maximum absolute atomic E-state index is 13.1. The molecule has 3 saturated heterocycles. The quantitative estimate of drug-likeness (QED) is 0.553. The number of rotatable bonds is 5. The van der Waals surface area contributed by atoms with E-state index in [0.29, 0.717) is 63.4 Å². The third kappa shape index (κ3) is 4.09. The second-order valence-corrected chi connectivity index (χ2v) is 10.1. The highest BCUT2D eigenvalue weighted by atomic mass is 16.5. The largest absolute Gasteiger partial charge is 0.381 e. The fraction of sp³-hybridized carbons (Fsp3) is 0.560. The Morgan fingerprint density at radius 1 is 1.20 bits per heavy atom. The van der Waals surface area contributed by atoms with Gasteiger partial charge in [0.2, 0.25) is 23.5 Å². The molecule has 1 atom stereocenters. The van der Waals surface area contributed by atoms with E-state index in [2.05, 4.69) is 15.2 Å². The first-order chi connectivity index (χ1) is 17.0. The maximum Gasteiger partial charge on any atom is 0.230 e. The van der Waals surface area contributed by atoms with E-state index in [1.807, 2.05) is 46.7 Å². The van der Waals surface area contributed by atoms with Crippen LogP contribution in [0.4, 0.5) is 0 Å². The number of fused-ring (bicyclic) bond motifs is 1. The Morgan fingerprint density at radius 3 is 2.74 bits per heavy atom. The van der Waals surface area contributed by atoms with Gasteiger partial charge in [-0.25, -0.2) is 0 Å². The van der Waals surface area contributed by atoms with Gasteiger partial charge < -0.3 is 19.1 Å². The van der Waals surface area contributed by atoms with Crippen LogP contribution in [-0.4, -0.2) is 80.9 Å². The van der Waals surface area contributed by atoms with E-state index < -0.39 is 0 Å². The van der Waals surface area contributed by atoms with Crippen LogP contribution in [0, 0.1) is 18.8 Å². The molecule has 0 N–H and O–H groups in total. The molecule has 3 fully saturated rings. The highest BCUT2D eigenvalue weighted by molar-refractivity contribution is 5.89. The van der Waals surface area contributed by atoms with Crippen LogP contribution in [0.2, 0.25) is 0 Å².